The summed E-state index contributed by atoms with van der Waals surface area (Å²) in [5.74, 6) is -1.20. The van der Waals surface area contributed by atoms with Gasteiger partial charge in [-0.05, 0) is 31.0 Å². The Bertz CT molecular complexity index is 514. The number of amides is 1. The first-order chi connectivity index (χ1) is 9.58. The molecule has 2 N–H and O–H groups in total. The maximum atomic E-state index is 11.5. The number of carboxylic acid groups (broad SMARTS) is 1. The molecule has 2 rings (SSSR count). The van der Waals surface area contributed by atoms with Crippen LogP contribution in [0.5, 0.6) is 11.5 Å². The van der Waals surface area contributed by atoms with E-state index in [1.807, 2.05) is 18.2 Å². The minimum absolute atomic E-state index is 0.385. The van der Waals surface area contributed by atoms with E-state index in [0.717, 1.165) is 11.3 Å². The van der Waals surface area contributed by atoms with Crippen molar-refractivity contribution in [1.82, 2.24) is 5.32 Å². The van der Waals surface area contributed by atoms with Crippen LogP contribution in [0.25, 0.3) is 0 Å². The van der Waals surface area contributed by atoms with Crippen molar-refractivity contribution in [3.63, 3.8) is 0 Å². The molecule has 1 aliphatic rings. The highest BCUT2D eigenvalue weighted by Gasteiger charge is 2.19. The van der Waals surface area contributed by atoms with Gasteiger partial charge < -0.3 is 19.9 Å². The van der Waals surface area contributed by atoms with Crippen molar-refractivity contribution in [1.29, 1.82) is 0 Å². The number of fused-ring (bicyclic) bond motifs is 1. The second kappa shape index (κ2) is 6.27. The number of rotatable bonds is 5. The van der Waals surface area contributed by atoms with Crippen LogP contribution < -0.4 is 14.8 Å². The number of benzene rings is 1. The van der Waals surface area contributed by atoms with Gasteiger partial charge in [0, 0.05) is 6.54 Å². The third-order valence-corrected chi connectivity index (χ3v) is 3.08. The number of aliphatic carboxylic acids is 1. The molecule has 0 fully saturated rings. The molecule has 1 atom stereocenters. The van der Waals surface area contributed by atoms with E-state index >= 15 is 0 Å². The molecule has 0 bridgehead atoms. The molecule has 0 saturated heterocycles. The predicted octanol–water partition coefficient (Wildman–Crippen LogP) is 0.837. The number of carbonyl (C=O) groups excluding carboxylic acids is 1. The highest BCUT2D eigenvalue weighted by Crippen LogP contribution is 2.30. The van der Waals surface area contributed by atoms with Crippen LogP contribution in [0.3, 0.4) is 0 Å². The first kappa shape index (κ1) is 14.2. The second-order valence-electron chi connectivity index (χ2n) is 4.58. The number of ether oxygens (including phenoxy) is 2. The summed E-state index contributed by atoms with van der Waals surface area (Å²) in [6, 6.07) is 5.62. The van der Waals surface area contributed by atoms with Crippen molar-refractivity contribution < 1.29 is 24.2 Å². The molecule has 6 heteroatoms. The topological polar surface area (TPSA) is 84.9 Å². The molecular weight excluding hydrogens is 262 g/mol. The lowest BCUT2D eigenvalue weighted by atomic mass is 10.1. The number of hydrogen-bond donors (Lipinski definition) is 2. The van der Waals surface area contributed by atoms with Crippen LogP contribution in [0.2, 0.25) is 0 Å². The quantitative estimate of drug-likeness (QED) is 0.780. The van der Waals surface area contributed by atoms with Crippen LogP contribution in [0.1, 0.15) is 12.5 Å². The summed E-state index contributed by atoms with van der Waals surface area (Å²) in [4.78, 5) is 22.1. The minimum atomic E-state index is -1.12. The lowest BCUT2D eigenvalue weighted by molar-refractivity contribution is -0.146. The Hall–Kier alpha value is -2.24. The van der Waals surface area contributed by atoms with Crippen molar-refractivity contribution in [2.75, 3.05) is 19.8 Å². The van der Waals surface area contributed by atoms with Crippen LogP contribution in [-0.2, 0) is 16.0 Å². The van der Waals surface area contributed by atoms with E-state index in [1.54, 1.807) is 0 Å². The molecule has 1 aliphatic heterocycles. The van der Waals surface area contributed by atoms with Gasteiger partial charge in [0.2, 0.25) is 5.91 Å². The lowest BCUT2D eigenvalue weighted by Crippen LogP contribution is -2.34. The normalized spacial score (nSPS) is 14.4. The van der Waals surface area contributed by atoms with Gasteiger partial charge in [-0.15, -0.1) is 0 Å². The molecule has 20 heavy (non-hydrogen) atoms. The highest BCUT2D eigenvalue weighted by molar-refractivity contribution is 5.96. The van der Waals surface area contributed by atoms with Crippen molar-refractivity contribution in [3.8, 4) is 11.5 Å². The summed E-state index contributed by atoms with van der Waals surface area (Å²) in [5.41, 5.74) is 0.998. The molecule has 1 aromatic rings. The Balaban J connectivity index is 1.85. The zero-order chi connectivity index (χ0) is 14.5. The number of carboxylic acids is 1. The fraction of sp³-hybridized carbons (Fsp3) is 0.429. The molecule has 0 aromatic heterocycles. The van der Waals surface area contributed by atoms with Crippen molar-refractivity contribution >= 4 is 11.9 Å². The van der Waals surface area contributed by atoms with Crippen LogP contribution in [0, 0.1) is 5.92 Å². The summed E-state index contributed by atoms with van der Waals surface area (Å²) >= 11 is 0. The van der Waals surface area contributed by atoms with Gasteiger partial charge in [-0.3, -0.25) is 9.59 Å². The molecule has 1 unspecified atom stereocenters. The van der Waals surface area contributed by atoms with E-state index in [1.165, 1.54) is 6.92 Å². The van der Waals surface area contributed by atoms with Gasteiger partial charge in [0.05, 0.1) is 0 Å². The average Bonchev–Trinajstić information content (AvgIpc) is 2.46. The SMILES string of the molecule is CC(C(=O)O)C(=O)NCCc1ccc2c(c1)OCCO2. The summed E-state index contributed by atoms with van der Waals surface area (Å²) < 4.78 is 10.9. The molecule has 0 saturated carbocycles. The Morgan fingerprint density at radius 1 is 1.30 bits per heavy atom. The largest absolute Gasteiger partial charge is 0.486 e. The first-order valence-electron chi connectivity index (χ1n) is 6.47. The monoisotopic (exact) mass is 279 g/mol. The van der Waals surface area contributed by atoms with Crippen molar-refractivity contribution in [2.45, 2.75) is 13.3 Å². The average molecular weight is 279 g/mol. The highest BCUT2D eigenvalue weighted by atomic mass is 16.6. The van der Waals surface area contributed by atoms with Crippen molar-refractivity contribution in [2.24, 2.45) is 5.92 Å². The summed E-state index contributed by atoms with van der Waals surface area (Å²) in [6.45, 7) is 2.83. The smallest absolute Gasteiger partial charge is 0.315 e. The van der Waals surface area contributed by atoms with Gasteiger partial charge in [0.25, 0.3) is 0 Å². The predicted molar refractivity (Wildman–Crippen MR) is 70.9 cm³/mol. The van der Waals surface area contributed by atoms with E-state index in [0.29, 0.717) is 31.9 Å². The van der Waals surface area contributed by atoms with E-state index < -0.39 is 17.8 Å². The zero-order valence-corrected chi connectivity index (χ0v) is 11.2. The maximum Gasteiger partial charge on any atom is 0.315 e. The van der Waals surface area contributed by atoms with E-state index in [4.69, 9.17) is 14.6 Å². The fourth-order valence-corrected chi connectivity index (χ4v) is 1.84. The molecule has 0 aliphatic carbocycles. The fourth-order valence-electron chi connectivity index (χ4n) is 1.84. The lowest BCUT2D eigenvalue weighted by Gasteiger charge is -2.19. The van der Waals surface area contributed by atoms with Gasteiger partial charge >= 0.3 is 5.97 Å². The molecule has 108 valence electrons. The van der Waals surface area contributed by atoms with Crippen LogP contribution in [0.15, 0.2) is 18.2 Å². The van der Waals surface area contributed by atoms with Gasteiger partial charge in [-0.1, -0.05) is 6.07 Å². The third-order valence-electron chi connectivity index (χ3n) is 3.08. The molecular formula is C14H17NO5. The first-order valence-corrected chi connectivity index (χ1v) is 6.47. The number of carbonyl (C=O) groups is 2. The second-order valence-corrected chi connectivity index (χ2v) is 4.58. The zero-order valence-electron chi connectivity index (χ0n) is 11.2. The molecule has 1 aromatic carbocycles. The van der Waals surface area contributed by atoms with E-state index in [9.17, 15) is 9.59 Å². The summed E-state index contributed by atoms with van der Waals surface area (Å²) in [6.07, 6.45) is 0.606. The van der Waals surface area contributed by atoms with E-state index in [2.05, 4.69) is 5.32 Å². The van der Waals surface area contributed by atoms with Gasteiger partial charge in [0.1, 0.15) is 19.1 Å². The van der Waals surface area contributed by atoms with E-state index in [-0.39, 0.29) is 0 Å². The van der Waals surface area contributed by atoms with Crippen LogP contribution in [-0.4, -0.2) is 36.7 Å². The summed E-state index contributed by atoms with van der Waals surface area (Å²) in [7, 11) is 0. The molecule has 1 heterocycles. The maximum absolute atomic E-state index is 11.5. The number of nitrogens with one attached hydrogen (secondary N) is 1. The van der Waals surface area contributed by atoms with Crippen LogP contribution in [0.4, 0.5) is 0 Å². The third kappa shape index (κ3) is 3.40. The Morgan fingerprint density at radius 3 is 2.70 bits per heavy atom. The Morgan fingerprint density at radius 2 is 2.00 bits per heavy atom. The molecule has 0 spiro atoms. The van der Waals surface area contributed by atoms with Crippen LogP contribution >= 0.6 is 0 Å². The Kier molecular flexibility index (Phi) is 4.45. The summed E-state index contributed by atoms with van der Waals surface area (Å²) in [5, 5.41) is 11.3. The van der Waals surface area contributed by atoms with Gasteiger partial charge in [0.15, 0.2) is 11.5 Å². The standard InChI is InChI=1S/C14H17NO5/c1-9(14(17)18)13(16)15-5-4-10-2-3-11-12(8-10)20-7-6-19-11/h2-3,8-9H,4-7H2,1H3,(H,15,16)(H,17,18). The van der Waals surface area contributed by atoms with Gasteiger partial charge in [-0.2, -0.15) is 0 Å². The number of hydrogen-bond acceptors (Lipinski definition) is 4. The molecule has 1 amide bonds. The molecule has 6 nitrogen and oxygen atoms in total. The minimum Gasteiger partial charge on any atom is -0.486 e. The molecule has 0 radical (unpaired) electrons. The van der Waals surface area contributed by atoms with Gasteiger partial charge in [-0.25, -0.2) is 0 Å². The Labute approximate surface area is 116 Å². The van der Waals surface area contributed by atoms with Crippen molar-refractivity contribution in [3.05, 3.63) is 23.8 Å².